The lowest BCUT2D eigenvalue weighted by atomic mass is 10.2. The van der Waals surface area contributed by atoms with Gasteiger partial charge in [-0.15, -0.1) is 0 Å². The van der Waals surface area contributed by atoms with Gasteiger partial charge < -0.3 is 8.97 Å². The van der Waals surface area contributed by atoms with Gasteiger partial charge in [0.25, 0.3) is 5.91 Å². The van der Waals surface area contributed by atoms with E-state index in [1.165, 1.54) is 12.1 Å². The fraction of sp³-hybridized carbons (Fsp3) is 0. The highest BCUT2D eigenvalue weighted by atomic mass is 35.5. The number of carbonyl (C=O) groups is 1. The van der Waals surface area contributed by atoms with Crippen LogP contribution in [0.4, 0.5) is 0 Å². The summed E-state index contributed by atoms with van der Waals surface area (Å²) >= 11 is 5.84. The minimum atomic E-state index is -4.66. The standard InChI is InChI=1S/C12H9ClN2O5S/c13-10-4-2-1-3-9(10)12(16)15-14-7-8-5-6-11(20-8)21(17,18)19/h1-7H,(H,15,16)(H,17,18,19)/p-1/b14-7-. The lowest BCUT2D eigenvalue weighted by Crippen LogP contribution is -2.17. The molecule has 9 heteroatoms. The minimum absolute atomic E-state index is 0.00360. The zero-order valence-corrected chi connectivity index (χ0v) is 11.9. The monoisotopic (exact) mass is 327 g/mol. The molecule has 21 heavy (non-hydrogen) atoms. The van der Waals surface area contributed by atoms with E-state index in [2.05, 4.69) is 10.5 Å². The summed E-state index contributed by atoms with van der Waals surface area (Å²) in [6.07, 6.45) is 1.06. The SMILES string of the molecule is O=C(N/N=C\c1ccc(S(=O)(=O)[O-])o1)c1ccccc1Cl. The van der Waals surface area contributed by atoms with E-state index in [-0.39, 0.29) is 16.3 Å². The molecule has 0 aliphatic rings. The molecule has 0 aliphatic heterocycles. The summed E-state index contributed by atoms with van der Waals surface area (Å²) in [6.45, 7) is 0. The maximum absolute atomic E-state index is 11.7. The predicted octanol–water partition coefficient (Wildman–Crippen LogP) is 1.60. The van der Waals surface area contributed by atoms with Crippen LogP contribution in [-0.4, -0.2) is 25.1 Å². The van der Waals surface area contributed by atoms with Crippen molar-refractivity contribution in [1.29, 1.82) is 0 Å². The molecule has 0 radical (unpaired) electrons. The van der Waals surface area contributed by atoms with Crippen LogP contribution in [0.3, 0.4) is 0 Å². The summed E-state index contributed by atoms with van der Waals surface area (Å²) in [6, 6.07) is 8.62. The van der Waals surface area contributed by atoms with E-state index in [1.54, 1.807) is 18.2 Å². The summed E-state index contributed by atoms with van der Waals surface area (Å²) in [5.41, 5.74) is 2.43. The number of hydrogen-bond donors (Lipinski definition) is 1. The number of nitrogens with one attached hydrogen (secondary N) is 1. The average Bonchev–Trinajstić information content (AvgIpc) is 2.88. The first-order chi connectivity index (χ1) is 9.88. The van der Waals surface area contributed by atoms with Crippen LogP contribution >= 0.6 is 11.6 Å². The number of hydrazone groups is 1. The Hall–Kier alpha value is -2.16. The molecule has 0 atom stereocenters. The van der Waals surface area contributed by atoms with Gasteiger partial charge in [-0.2, -0.15) is 5.10 Å². The van der Waals surface area contributed by atoms with Gasteiger partial charge in [-0.05, 0) is 24.3 Å². The first-order valence-electron chi connectivity index (χ1n) is 5.51. The molecule has 2 rings (SSSR count). The van der Waals surface area contributed by atoms with Gasteiger partial charge in [0.05, 0.1) is 16.8 Å². The van der Waals surface area contributed by atoms with Crippen molar-refractivity contribution in [3.8, 4) is 0 Å². The Balaban J connectivity index is 2.05. The number of rotatable bonds is 4. The molecular formula is C12H8ClN2O5S-. The molecule has 2 aromatic rings. The van der Waals surface area contributed by atoms with Crippen LogP contribution in [0, 0.1) is 0 Å². The molecule has 0 aliphatic carbocycles. The van der Waals surface area contributed by atoms with Gasteiger partial charge in [0, 0.05) is 0 Å². The highest BCUT2D eigenvalue weighted by Gasteiger charge is 2.09. The van der Waals surface area contributed by atoms with Gasteiger partial charge in [0.1, 0.15) is 5.76 Å². The molecule has 1 aromatic heterocycles. The second-order valence-electron chi connectivity index (χ2n) is 3.79. The van der Waals surface area contributed by atoms with Crippen LogP contribution in [0.2, 0.25) is 5.02 Å². The Morgan fingerprint density at radius 2 is 2.00 bits per heavy atom. The third-order valence-electron chi connectivity index (χ3n) is 2.32. The molecule has 1 aromatic carbocycles. The third kappa shape index (κ3) is 3.91. The quantitative estimate of drug-likeness (QED) is 0.520. The summed E-state index contributed by atoms with van der Waals surface area (Å²) in [5.74, 6) is -0.538. The van der Waals surface area contributed by atoms with Gasteiger partial charge >= 0.3 is 0 Å². The second-order valence-corrected chi connectivity index (χ2v) is 5.51. The van der Waals surface area contributed by atoms with E-state index in [4.69, 9.17) is 16.0 Å². The first-order valence-corrected chi connectivity index (χ1v) is 7.30. The zero-order valence-electron chi connectivity index (χ0n) is 10.3. The van der Waals surface area contributed by atoms with E-state index in [1.807, 2.05) is 0 Å². The van der Waals surface area contributed by atoms with Crippen LogP contribution < -0.4 is 5.43 Å². The first kappa shape index (κ1) is 15.2. The molecule has 0 spiro atoms. The fourth-order valence-electron chi connectivity index (χ4n) is 1.40. The van der Waals surface area contributed by atoms with Crippen molar-refractivity contribution in [1.82, 2.24) is 5.43 Å². The smallest absolute Gasteiger partial charge is 0.272 e. The van der Waals surface area contributed by atoms with Gasteiger partial charge in [-0.25, -0.2) is 13.8 Å². The molecule has 110 valence electrons. The summed E-state index contributed by atoms with van der Waals surface area (Å²) in [7, 11) is -4.66. The number of hydrogen-bond acceptors (Lipinski definition) is 6. The highest BCUT2D eigenvalue weighted by molar-refractivity contribution is 7.85. The van der Waals surface area contributed by atoms with E-state index in [0.717, 1.165) is 12.3 Å². The molecule has 7 nitrogen and oxygen atoms in total. The maximum Gasteiger partial charge on any atom is 0.272 e. The Morgan fingerprint density at radius 3 is 2.62 bits per heavy atom. The van der Waals surface area contributed by atoms with E-state index in [9.17, 15) is 17.8 Å². The van der Waals surface area contributed by atoms with Crippen LogP contribution in [0.1, 0.15) is 16.1 Å². The van der Waals surface area contributed by atoms with Crippen LogP contribution in [0.5, 0.6) is 0 Å². The molecule has 1 amide bonds. The summed E-state index contributed by atoms with van der Waals surface area (Å²) in [5, 5.41) is 3.13. The second kappa shape index (κ2) is 6.08. The normalized spacial score (nSPS) is 11.7. The molecule has 1 heterocycles. The van der Waals surface area contributed by atoms with Crippen molar-refractivity contribution in [2.75, 3.05) is 0 Å². The fourth-order valence-corrected chi connectivity index (χ4v) is 2.05. The van der Waals surface area contributed by atoms with E-state index in [0.29, 0.717) is 0 Å². The molecule has 0 unspecified atom stereocenters. The molecule has 1 N–H and O–H groups in total. The Kier molecular flexibility index (Phi) is 4.41. The topological polar surface area (TPSA) is 112 Å². The molecule has 0 bridgehead atoms. The largest absolute Gasteiger partial charge is 0.742 e. The van der Waals surface area contributed by atoms with Crippen LogP contribution in [-0.2, 0) is 10.1 Å². The summed E-state index contributed by atoms with van der Waals surface area (Å²) < 4.78 is 36.7. The van der Waals surface area contributed by atoms with E-state index < -0.39 is 21.1 Å². The number of amides is 1. The number of furan rings is 1. The molecular weight excluding hydrogens is 320 g/mol. The van der Waals surface area contributed by atoms with E-state index >= 15 is 0 Å². The third-order valence-corrected chi connectivity index (χ3v) is 3.37. The minimum Gasteiger partial charge on any atom is -0.742 e. The van der Waals surface area contributed by atoms with Crippen LogP contribution in [0.25, 0.3) is 0 Å². The molecule has 0 saturated carbocycles. The predicted molar refractivity (Wildman–Crippen MR) is 73.2 cm³/mol. The molecule has 0 saturated heterocycles. The average molecular weight is 328 g/mol. The van der Waals surface area contributed by atoms with Gasteiger partial charge in [-0.3, -0.25) is 4.79 Å². The number of benzene rings is 1. The number of halogens is 1. The van der Waals surface area contributed by atoms with Crippen molar-refractivity contribution in [3.63, 3.8) is 0 Å². The van der Waals surface area contributed by atoms with Crippen LogP contribution in [0.15, 0.2) is 51.0 Å². The lowest BCUT2D eigenvalue weighted by molar-refractivity contribution is 0.0955. The van der Waals surface area contributed by atoms with Crippen molar-refractivity contribution in [2.24, 2.45) is 5.10 Å². The lowest BCUT2D eigenvalue weighted by Gasteiger charge is -2.01. The maximum atomic E-state index is 11.7. The van der Waals surface area contributed by atoms with Crippen molar-refractivity contribution >= 4 is 33.8 Å². The van der Waals surface area contributed by atoms with Gasteiger partial charge in [0.15, 0.2) is 10.1 Å². The summed E-state index contributed by atoms with van der Waals surface area (Å²) in [4.78, 5) is 11.7. The Bertz CT molecular complexity index is 797. The van der Waals surface area contributed by atoms with Gasteiger partial charge in [0.2, 0.25) is 5.09 Å². The zero-order chi connectivity index (χ0) is 15.5. The van der Waals surface area contributed by atoms with Crippen molar-refractivity contribution in [2.45, 2.75) is 5.09 Å². The highest BCUT2D eigenvalue weighted by Crippen LogP contribution is 2.14. The molecule has 0 fully saturated rings. The number of nitrogens with zero attached hydrogens (tertiary/aromatic N) is 1. The Morgan fingerprint density at radius 1 is 1.29 bits per heavy atom. The van der Waals surface area contributed by atoms with Crippen molar-refractivity contribution in [3.05, 3.63) is 52.7 Å². The van der Waals surface area contributed by atoms with Gasteiger partial charge in [-0.1, -0.05) is 23.7 Å². The van der Waals surface area contributed by atoms with Crippen molar-refractivity contribution < 1.29 is 22.2 Å². The number of carbonyl (C=O) groups excluding carboxylic acids is 1. The Labute approximate surface area is 125 Å².